The summed E-state index contributed by atoms with van der Waals surface area (Å²) in [6, 6.07) is 1.71. The summed E-state index contributed by atoms with van der Waals surface area (Å²) in [7, 11) is 0. The Balaban J connectivity index is 2.17. The van der Waals surface area contributed by atoms with E-state index in [1.165, 1.54) is 6.20 Å². The van der Waals surface area contributed by atoms with E-state index in [-0.39, 0.29) is 5.91 Å². The maximum Gasteiger partial charge on any atom is 0.258 e. The van der Waals surface area contributed by atoms with Gasteiger partial charge in [0.1, 0.15) is 5.82 Å². The van der Waals surface area contributed by atoms with Crippen LogP contribution >= 0.6 is 15.9 Å². The van der Waals surface area contributed by atoms with Crippen LogP contribution in [0.15, 0.2) is 29.1 Å². The van der Waals surface area contributed by atoms with Crippen LogP contribution in [-0.2, 0) is 6.42 Å². The number of anilines is 1. The average molecular weight is 295 g/mol. The van der Waals surface area contributed by atoms with Crippen molar-refractivity contribution in [2.24, 2.45) is 0 Å². The van der Waals surface area contributed by atoms with E-state index in [2.05, 4.69) is 36.4 Å². The second-order valence-electron chi connectivity index (χ2n) is 3.47. The predicted octanol–water partition coefficient (Wildman–Crippen LogP) is 2.38. The van der Waals surface area contributed by atoms with Crippen LogP contribution in [0.2, 0.25) is 0 Å². The first-order chi connectivity index (χ1) is 8.20. The molecule has 2 N–H and O–H groups in total. The summed E-state index contributed by atoms with van der Waals surface area (Å²) >= 11 is 3.27. The zero-order chi connectivity index (χ0) is 12.3. The van der Waals surface area contributed by atoms with E-state index >= 15 is 0 Å². The van der Waals surface area contributed by atoms with E-state index in [1.807, 2.05) is 6.92 Å². The largest absolute Gasteiger partial charge is 0.307 e. The highest BCUT2D eigenvalue weighted by atomic mass is 79.9. The molecule has 0 aliphatic carbocycles. The van der Waals surface area contributed by atoms with Gasteiger partial charge in [-0.3, -0.25) is 14.9 Å². The van der Waals surface area contributed by atoms with Gasteiger partial charge in [0, 0.05) is 22.4 Å². The maximum atomic E-state index is 11.9. The monoisotopic (exact) mass is 294 g/mol. The fourth-order valence-electron chi connectivity index (χ4n) is 1.41. The molecule has 0 fully saturated rings. The van der Waals surface area contributed by atoms with Gasteiger partial charge in [0.25, 0.3) is 5.91 Å². The van der Waals surface area contributed by atoms with E-state index in [0.717, 1.165) is 16.5 Å². The molecule has 0 atom stereocenters. The molecule has 0 aliphatic heterocycles. The van der Waals surface area contributed by atoms with Crippen molar-refractivity contribution in [3.8, 4) is 0 Å². The predicted molar refractivity (Wildman–Crippen MR) is 67.9 cm³/mol. The number of hydrogen-bond acceptors (Lipinski definition) is 3. The highest BCUT2D eigenvalue weighted by molar-refractivity contribution is 9.10. The van der Waals surface area contributed by atoms with Crippen LogP contribution in [-0.4, -0.2) is 21.1 Å². The standard InChI is InChI=1S/C11H11BrN4O/c1-2-7-5-14-16-10(7)15-11(17)8-3-9(12)6-13-4-8/h3-6H,2H2,1H3,(H2,14,15,16,17). The van der Waals surface area contributed by atoms with Gasteiger partial charge in [0.15, 0.2) is 0 Å². The van der Waals surface area contributed by atoms with Crippen molar-refractivity contribution >= 4 is 27.7 Å². The minimum atomic E-state index is -0.210. The average Bonchev–Trinajstić information content (AvgIpc) is 2.76. The van der Waals surface area contributed by atoms with Crippen LogP contribution in [0.5, 0.6) is 0 Å². The number of pyridine rings is 1. The number of aromatic nitrogens is 3. The third-order valence-electron chi connectivity index (χ3n) is 2.30. The second-order valence-corrected chi connectivity index (χ2v) is 4.39. The van der Waals surface area contributed by atoms with Gasteiger partial charge in [-0.1, -0.05) is 6.92 Å². The van der Waals surface area contributed by atoms with E-state index in [9.17, 15) is 4.79 Å². The molecule has 5 nitrogen and oxygen atoms in total. The van der Waals surface area contributed by atoms with Crippen molar-refractivity contribution in [3.63, 3.8) is 0 Å². The van der Waals surface area contributed by atoms with E-state index in [0.29, 0.717) is 11.4 Å². The number of rotatable bonds is 3. The molecule has 2 rings (SSSR count). The number of hydrogen-bond donors (Lipinski definition) is 2. The molecular weight excluding hydrogens is 284 g/mol. The van der Waals surface area contributed by atoms with Crippen LogP contribution < -0.4 is 5.32 Å². The second kappa shape index (κ2) is 5.09. The summed E-state index contributed by atoms with van der Waals surface area (Å²) in [6.07, 6.45) is 5.66. The third-order valence-corrected chi connectivity index (χ3v) is 2.74. The van der Waals surface area contributed by atoms with Crippen molar-refractivity contribution < 1.29 is 4.79 Å². The molecule has 0 aromatic carbocycles. The molecule has 17 heavy (non-hydrogen) atoms. The summed E-state index contributed by atoms with van der Waals surface area (Å²) in [6.45, 7) is 2.00. The lowest BCUT2D eigenvalue weighted by Gasteiger charge is -2.04. The number of aryl methyl sites for hydroxylation is 1. The van der Waals surface area contributed by atoms with Gasteiger partial charge in [-0.25, -0.2) is 0 Å². The van der Waals surface area contributed by atoms with Crippen LogP contribution in [0.4, 0.5) is 5.82 Å². The number of aromatic amines is 1. The van der Waals surface area contributed by atoms with Crippen LogP contribution in [0.1, 0.15) is 22.8 Å². The molecule has 1 amide bonds. The van der Waals surface area contributed by atoms with Crippen molar-refractivity contribution in [3.05, 3.63) is 40.3 Å². The molecule has 0 aliphatic rings. The molecule has 6 heteroatoms. The van der Waals surface area contributed by atoms with Crippen LogP contribution in [0.3, 0.4) is 0 Å². The first-order valence-electron chi connectivity index (χ1n) is 5.15. The van der Waals surface area contributed by atoms with E-state index < -0.39 is 0 Å². The lowest BCUT2D eigenvalue weighted by atomic mass is 10.2. The molecule has 0 unspecified atom stereocenters. The van der Waals surface area contributed by atoms with Gasteiger partial charge in [0.05, 0.1) is 11.8 Å². The van der Waals surface area contributed by atoms with Crippen molar-refractivity contribution in [2.45, 2.75) is 13.3 Å². The molecule has 2 heterocycles. The zero-order valence-corrected chi connectivity index (χ0v) is 10.8. The van der Waals surface area contributed by atoms with Gasteiger partial charge < -0.3 is 5.32 Å². The summed E-state index contributed by atoms with van der Waals surface area (Å²) in [5.74, 6) is 0.426. The number of H-pyrrole nitrogens is 1. The smallest absolute Gasteiger partial charge is 0.258 e. The van der Waals surface area contributed by atoms with Crippen LogP contribution in [0, 0.1) is 0 Å². The maximum absolute atomic E-state index is 11.9. The fraction of sp³-hybridized carbons (Fsp3) is 0.182. The third kappa shape index (κ3) is 2.71. The Kier molecular flexibility index (Phi) is 3.53. The molecular formula is C11H11BrN4O. The minimum Gasteiger partial charge on any atom is -0.307 e. The molecule has 0 saturated carbocycles. The van der Waals surface area contributed by atoms with Crippen molar-refractivity contribution in [1.29, 1.82) is 0 Å². The van der Waals surface area contributed by atoms with Crippen molar-refractivity contribution in [2.75, 3.05) is 5.32 Å². The summed E-state index contributed by atoms with van der Waals surface area (Å²) in [5, 5.41) is 9.42. The highest BCUT2D eigenvalue weighted by Crippen LogP contribution is 2.14. The topological polar surface area (TPSA) is 70.7 Å². The Hall–Kier alpha value is -1.69. The minimum absolute atomic E-state index is 0.210. The van der Waals surface area contributed by atoms with E-state index in [1.54, 1.807) is 18.5 Å². The Morgan fingerprint density at radius 1 is 1.47 bits per heavy atom. The molecule has 0 saturated heterocycles. The lowest BCUT2D eigenvalue weighted by Crippen LogP contribution is -2.13. The number of nitrogens with one attached hydrogen (secondary N) is 2. The molecule has 0 radical (unpaired) electrons. The number of amides is 1. The SMILES string of the molecule is CCc1cn[nH]c1NC(=O)c1cncc(Br)c1. The first-order valence-corrected chi connectivity index (χ1v) is 5.94. The number of halogens is 1. The Morgan fingerprint density at radius 3 is 3.00 bits per heavy atom. The number of carbonyl (C=O) groups excluding carboxylic acids is 1. The van der Waals surface area contributed by atoms with E-state index in [4.69, 9.17) is 0 Å². The quantitative estimate of drug-likeness (QED) is 0.913. The normalized spacial score (nSPS) is 10.2. The van der Waals surface area contributed by atoms with Crippen LogP contribution in [0.25, 0.3) is 0 Å². The fourth-order valence-corrected chi connectivity index (χ4v) is 1.77. The van der Waals surface area contributed by atoms with Gasteiger partial charge in [-0.05, 0) is 28.4 Å². The van der Waals surface area contributed by atoms with Gasteiger partial charge >= 0.3 is 0 Å². The van der Waals surface area contributed by atoms with Gasteiger partial charge in [-0.2, -0.15) is 5.10 Å². The van der Waals surface area contributed by atoms with Crippen molar-refractivity contribution in [1.82, 2.24) is 15.2 Å². The molecule has 0 spiro atoms. The van der Waals surface area contributed by atoms with Gasteiger partial charge in [0.2, 0.25) is 0 Å². The van der Waals surface area contributed by atoms with Gasteiger partial charge in [-0.15, -0.1) is 0 Å². The number of carbonyl (C=O) groups is 1. The molecule has 0 bridgehead atoms. The molecule has 2 aromatic heterocycles. The highest BCUT2D eigenvalue weighted by Gasteiger charge is 2.10. The summed E-state index contributed by atoms with van der Waals surface area (Å²) in [4.78, 5) is 15.9. The first kappa shape index (κ1) is 11.8. The Morgan fingerprint density at radius 2 is 2.29 bits per heavy atom. The summed E-state index contributed by atoms with van der Waals surface area (Å²) in [5.41, 5.74) is 1.47. The zero-order valence-electron chi connectivity index (χ0n) is 9.20. The Bertz CT molecular complexity index is 538. The molecule has 2 aromatic rings. The number of nitrogens with zero attached hydrogens (tertiary/aromatic N) is 2. The molecule has 88 valence electrons. The Labute approximate surface area is 107 Å². The summed E-state index contributed by atoms with van der Waals surface area (Å²) < 4.78 is 0.769. The lowest BCUT2D eigenvalue weighted by molar-refractivity contribution is 0.102.